The second kappa shape index (κ2) is 6.75. The van der Waals surface area contributed by atoms with Gasteiger partial charge >= 0.3 is 6.18 Å². The molecule has 19 heavy (non-hydrogen) atoms. The van der Waals surface area contributed by atoms with Crippen LogP contribution in [-0.4, -0.2) is 30.8 Å². The van der Waals surface area contributed by atoms with E-state index in [9.17, 15) is 13.2 Å². The number of aromatic nitrogens is 1. The highest BCUT2D eigenvalue weighted by atomic mass is 19.4. The van der Waals surface area contributed by atoms with Gasteiger partial charge in [-0.15, -0.1) is 0 Å². The van der Waals surface area contributed by atoms with E-state index in [1.54, 1.807) is 13.1 Å². The number of anilines is 1. The molecule has 0 atom stereocenters. The van der Waals surface area contributed by atoms with Crippen molar-refractivity contribution in [1.82, 2.24) is 10.3 Å². The third-order valence-electron chi connectivity index (χ3n) is 2.61. The molecule has 0 bridgehead atoms. The number of halogens is 3. The molecule has 0 amide bonds. The molecule has 0 saturated carbocycles. The first-order valence-corrected chi connectivity index (χ1v) is 6.25. The van der Waals surface area contributed by atoms with Crippen LogP contribution in [0, 0.1) is 0 Å². The molecule has 0 aliphatic heterocycles. The van der Waals surface area contributed by atoms with Gasteiger partial charge in [0, 0.05) is 26.2 Å². The number of hydrogen-bond acceptors (Lipinski definition) is 3. The number of alkyl halides is 3. The lowest BCUT2D eigenvalue weighted by Crippen LogP contribution is -2.26. The molecule has 0 radical (unpaired) electrons. The lowest BCUT2D eigenvalue weighted by Gasteiger charge is -2.19. The van der Waals surface area contributed by atoms with Crippen molar-refractivity contribution in [3.63, 3.8) is 0 Å². The average Bonchev–Trinajstić information content (AvgIpc) is 2.33. The zero-order chi connectivity index (χ0) is 14.5. The highest BCUT2D eigenvalue weighted by Crippen LogP contribution is 2.21. The summed E-state index contributed by atoms with van der Waals surface area (Å²) in [7, 11) is 1.62. The molecule has 1 aromatic rings. The van der Waals surface area contributed by atoms with Crippen molar-refractivity contribution in [1.29, 1.82) is 0 Å². The van der Waals surface area contributed by atoms with Gasteiger partial charge in [0.15, 0.2) is 0 Å². The highest BCUT2D eigenvalue weighted by molar-refractivity contribution is 5.38. The van der Waals surface area contributed by atoms with Crippen molar-refractivity contribution in [2.75, 3.05) is 18.5 Å². The van der Waals surface area contributed by atoms with Gasteiger partial charge in [0.2, 0.25) is 0 Å². The molecule has 108 valence electrons. The van der Waals surface area contributed by atoms with Crippen LogP contribution in [-0.2, 0) is 6.54 Å². The van der Waals surface area contributed by atoms with Crippen molar-refractivity contribution in [2.45, 2.75) is 39.0 Å². The predicted octanol–water partition coefficient (Wildman–Crippen LogP) is 2.97. The molecule has 1 N–H and O–H groups in total. The molecule has 0 aromatic carbocycles. The summed E-state index contributed by atoms with van der Waals surface area (Å²) in [5.41, 5.74) is 0.824. The summed E-state index contributed by atoms with van der Waals surface area (Å²) >= 11 is 0. The van der Waals surface area contributed by atoms with E-state index in [0.717, 1.165) is 5.69 Å². The molecule has 3 nitrogen and oxygen atoms in total. The fourth-order valence-corrected chi connectivity index (χ4v) is 1.50. The maximum absolute atomic E-state index is 12.2. The lowest BCUT2D eigenvalue weighted by molar-refractivity contribution is -0.132. The van der Waals surface area contributed by atoms with Crippen molar-refractivity contribution >= 4 is 5.82 Å². The Morgan fingerprint density at radius 2 is 2.00 bits per heavy atom. The normalized spacial score (nSPS) is 11.9. The summed E-state index contributed by atoms with van der Waals surface area (Å²) in [6.07, 6.45) is -4.97. The van der Waals surface area contributed by atoms with E-state index in [1.165, 1.54) is 4.90 Å². The van der Waals surface area contributed by atoms with Crippen LogP contribution >= 0.6 is 0 Å². The Balaban J connectivity index is 2.60. The molecule has 0 unspecified atom stereocenters. The average molecular weight is 275 g/mol. The van der Waals surface area contributed by atoms with Crippen molar-refractivity contribution in [2.24, 2.45) is 0 Å². The zero-order valence-corrected chi connectivity index (χ0v) is 11.5. The molecule has 0 aliphatic carbocycles. The van der Waals surface area contributed by atoms with Gasteiger partial charge in [0.25, 0.3) is 0 Å². The van der Waals surface area contributed by atoms with Gasteiger partial charge in [-0.2, -0.15) is 13.2 Å². The second-order valence-corrected chi connectivity index (χ2v) is 4.81. The number of rotatable bonds is 6. The van der Waals surface area contributed by atoms with E-state index in [4.69, 9.17) is 0 Å². The van der Waals surface area contributed by atoms with Gasteiger partial charge < -0.3 is 10.2 Å². The smallest absolute Gasteiger partial charge is 0.359 e. The molecule has 1 rings (SSSR count). The van der Waals surface area contributed by atoms with Crippen molar-refractivity contribution in [3.8, 4) is 0 Å². The first kappa shape index (κ1) is 15.8. The van der Waals surface area contributed by atoms with Crippen molar-refractivity contribution < 1.29 is 13.2 Å². The molecular formula is C13H20F3N3. The van der Waals surface area contributed by atoms with Crippen LogP contribution in [0.1, 0.15) is 26.0 Å². The number of nitrogens with zero attached hydrogens (tertiary/aromatic N) is 2. The van der Waals surface area contributed by atoms with Gasteiger partial charge in [0.1, 0.15) is 5.82 Å². The predicted molar refractivity (Wildman–Crippen MR) is 70.2 cm³/mol. The third-order valence-corrected chi connectivity index (χ3v) is 2.61. The van der Waals surface area contributed by atoms with E-state index in [-0.39, 0.29) is 6.54 Å². The molecule has 0 aliphatic rings. The molecule has 0 fully saturated rings. The summed E-state index contributed by atoms with van der Waals surface area (Å²) < 4.78 is 36.5. The van der Waals surface area contributed by atoms with E-state index >= 15 is 0 Å². The van der Waals surface area contributed by atoms with Gasteiger partial charge in [-0.3, -0.25) is 0 Å². The molecule has 6 heteroatoms. The van der Waals surface area contributed by atoms with Gasteiger partial charge in [0.05, 0.1) is 12.1 Å². The monoisotopic (exact) mass is 275 g/mol. The van der Waals surface area contributed by atoms with Crippen LogP contribution in [0.5, 0.6) is 0 Å². The molecule has 0 saturated heterocycles. The summed E-state index contributed by atoms with van der Waals surface area (Å²) in [6.45, 7) is 4.58. The minimum atomic E-state index is -4.13. The van der Waals surface area contributed by atoms with Gasteiger partial charge in [-0.05, 0) is 12.1 Å². The number of nitrogens with one attached hydrogen (secondary N) is 1. The Morgan fingerprint density at radius 3 is 2.58 bits per heavy atom. The van der Waals surface area contributed by atoms with Crippen LogP contribution < -0.4 is 10.2 Å². The molecule has 1 heterocycles. The van der Waals surface area contributed by atoms with Crippen LogP contribution in [0.3, 0.4) is 0 Å². The van der Waals surface area contributed by atoms with Crippen molar-refractivity contribution in [3.05, 3.63) is 23.9 Å². The first-order valence-electron chi connectivity index (χ1n) is 6.25. The minimum absolute atomic E-state index is 0.0858. The fourth-order valence-electron chi connectivity index (χ4n) is 1.50. The Morgan fingerprint density at radius 1 is 1.32 bits per heavy atom. The molecule has 1 aromatic heterocycles. The highest BCUT2D eigenvalue weighted by Gasteiger charge is 2.27. The van der Waals surface area contributed by atoms with E-state index < -0.39 is 12.6 Å². The van der Waals surface area contributed by atoms with Crippen LogP contribution in [0.2, 0.25) is 0 Å². The Hall–Kier alpha value is -1.30. The zero-order valence-electron chi connectivity index (χ0n) is 11.5. The third kappa shape index (κ3) is 6.42. The van der Waals surface area contributed by atoms with Crippen LogP contribution in [0.25, 0.3) is 0 Å². The topological polar surface area (TPSA) is 28.2 Å². The fraction of sp³-hybridized carbons (Fsp3) is 0.615. The molecular weight excluding hydrogens is 255 g/mol. The second-order valence-electron chi connectivity index (χ2n) is 4.81. The largest absolute Gasteiger partial charge is 0.390 e. The van der Waals surface area contributed by atoms with Gasteiger partial charge in [-0.1, -0.05) is 19.9 Å². The number of pyridine rings is 1. The summed E-state index contributed by atoms with van der Waals surface area (Å²) in [5.74, 6) is 0.562. The maximum atomic E-state index is 12.2. The SMILES string of the molecule is CC(C)NCc1cccc(N(C)CCC(F)(F)F)n1. The minimum Gasteiger partial charge on any atom is -0.359 e. The number of hydrogen-bond donors (Lipinski definition) is 1. The van der Waals surface area contributed by atoms with Crippen LogP contribution in [0.4, 0.5) is 19.0 Å². The maximum Gasteiger partial charge on any atom is 0.390 e. The van der Waals surface area contributed by atoms with Gasteiger partial charge in [-0.25, -0.2) is 4.98 Å². The Labute approximate surface area is 111 Å². The van der Waals surface area contributed by atoms with E-state index in [2.05, 4.69) is 10.3 Å². The summed E-state index contributed by atoms with van der Waals surface area (Å²) in [4.78, 5) is 5.86. The lowest BCUT2D eigenvalue weighted by atomic mass is 10.3. The Kier molecular flexibility index (Phi) is 5.60. The first-order chi connectivity index (χ1) is 8.78. The van der Waals surface area contributed by atoms with E-state index in [1.807, 2.05) is 26.0 Å². The summed E-state index contributed by atoms with van der Waals surface area (Å²) in [5, 5.41) is 3.22. The van der Waals surface area contributed by atoms with E-state index in [0.29, 0.717) is 18.4 Å². The summed E-state index contributed by atoms with van der Waals surface area (Å²) in [6, 6.07) is 5.73. The molecule has 0 spiro atoms. The Bertz CT molecular complexity index is 391. The standard InChI is InChI=1S/C13H20F3N3/c1-10(2)17-9-11-5-4-6-12(18-11)19(3)8-7-13(14,15)16/h4-6,10,17H,7-9H2,1-3H3. The van der Waals surface area contributed by atoms with Crippen LogP contribution in [0.15, 0.2) is 18.2 Å². The quantitative estimate of drug-likeness (QED) is 0.865.